The molecule has 0 unspecified atom stereocenters. The van der Waals surface area contributed by atoms with E-state index in [9.17, 15) is 0 Å². The van der Waals surface area contributed by atoms with Crippen LogP contribution in [0.15, 0.2) is 23.0 Å². The van der Waals surface area contributed by atoms with Crippen molar-refractivity contribution in [1.29, 1.82) is 0 Å². The summed E-state index contributed by atoms with van der Waals surface area (Å²) >= 11 is 0. The van der Waals surface area contributed by atoms with E-state index in [1.807, 2.05) is 30.7 Å². The topological polar surface area (TPSA) is 89.0 Å². The van der Waals surface area contributed by atoms with Crippen LogP contribution in [0.3, 0.4) is 0 Å². The van der Waals surface area contributed by atoms with E-state index in [1.165, 1.54) is 0 Å². The molecule has 3 aromatic heterocycles. The quantitative estimate of drug-likeness (QED) is 0.663. The van der Waals surface area contributed by atoms with Crippen LogP contribution in [0.2, 0.25) is 0 Å². The Morgan fingerprint density at radius 1 is 1.04 bits per heavy atom. The van der Waals surface area contributed by atoms with Crippen LogP contribution in [0.5, 0.6) is 0 Å². The van der Waals surface area contributed by atoms with Gasteiger partial charge in [-0.2, -0.15) is 10.1 Å². The molecule has 0 radical (unpaired) electrons. The van der Waals surface area contributed by atoms with Gasteiger partial charge in [0, 0.05) is 43.9 Å². The molecule has 0 bridgehead atoms. The lowest BCUT2D eigenvalue weighted by atomic mass is 10.2. The van der Waals surface area contributed by atoms with Crippen molar-refractivity contribution >= 4 is 5.82 Å². The number of aromatic nitrogens is 6. The second-order valence-corrected chi connectivity index (χ2v) is 7.54. The Bertz CT molecular complexity index is 939. The molecule has 1 saturated heterocycles. The highest BCUT2D eigenvalue weighted by molar-refractivity contribution is 5.44. The molecule has 0 saturated carbocycles. The van der Waals surface area contributed by atoms with Crippen molar-refractivity contribution in [1.82, 2.24) is 34.8 Å². The lowest BCUT2D eigenvalue weighted by molar-refractivity contribution is 0.215. The molecule has 0 N–H and O–H groups in total. The molecular weight excluding hydrogens is 356 g/mol. The van der Waals surface area contributed by atoms with Crippen LogP contribution >= 0.6 is 0 Å². The predicted molar refractivity (Wildman–Crippen MR) is 105 cm³/mol. The summed E-state index contributed by atoms with van der Waals surface area (Å²) in [4.78, 5) is 17.9. The highest BCUT2D eigenvalue weighted by atomic mass is 16.5. The molecule has 4 heterocycles. The van der Waals surface area contributed by atoms with Gasteiger partial charge in [-0.3, -0.25) is 4.90 Å². The van der Waals surface area contributed by atoms with E-state index in [0.29, 0.717) is 12.4 Å². The Labute approximate surface area is 164 Å². The van der Waals surface area contributed by atoms with E-state index in [0.717, 1.165) is 55.0 Å². The first-order valence-electron chi connectivity index (χ1n) is 9.65. The van der Waals surface area contributed by atoms with E-state index in [-0.39, 0.29) is 5.92 Å². The average Bonchev–Trinajstić information content (AvgIpc) is 3.28. The SMILES string of the molecule is Cc1cc(C)n(-c2cc(N3CCN(Cc4nc(C(C)C)no4)CC3)ncn2)n1. The summed E-state index contributed by atoms with van der Waals surface area (Å²) in [6.45, 7) is 12.4. The third-order valence-corrected chi connectivity index (χ3v) is 4.92. The summed E-state index contributed by atoms with van der Waals surface area (Å²) in [5, 5.41) is 8.56. The molecule has 0 amide bonds. The highest BCUT2D eigenvalue weighted by Gasteiger charge is 2.21. The number of hydrogen-bond donors (Lipinski definition) is 0. The van der Waals surface area contributed by atoms with Crippen LogP contribution in [-0.2, 0) is 6.54 Å². The van der Waals surface area contributed by atoms with Gasteiger partial charge in [-0.25, -0.2) is 14.6 Å². The molecule has 9 nitrogen and oxygen atoms in total. The van der Waals surface area contributed by atoms with E-state index in [2.05, 4.69) is 48.9 Å². The number of anilines is 1. The second kappa shape index (κ2) is 7.67. The first-order valence-corrected chi connectivity index (χ1v) is 9.65. The van der Waals surface area contributed by atoms with Gasteiger partial charge >= 0.3 is 0 Å². The number of rotatable bonds is 5. The predicted octanol–water partition coefficient (Wildman–Crippen LogP) is 2.11. The van der Waals surface area contributed by atoms with Gasteiger partial charge in [-0.05, 0) is 19.9 Å². The highest BCUT2D eigenvalue weighted by Crippen LogP contribution is 2.18. The lowest BCUT2D eigenvalue weighted by Crippen LogP contribution is -2.46. The molecular formula is C19H26N8O. The summed E-state index contributed by atoms with van der Waals surface area (Å²) in [5.74, 6) is 3.46. The van der Waals surface area contributed by atoms with Crippen molar-refractivity contribution in [3.8, 4) is 5.82 Å². The minimum absolute atomic E-state index is 0.281. The van der Waals surface area contributed by atoms with Gasteiger partial charge in [-0.1, -0.05) is 19.0 Å². The maximum Gasteiger partial charge on any atom is 0.240 e. The summed E-state index contributed by atoms with van der Waals surface area (Å²) in [6, 6.07) is 4.05. The van der Waals surface area contributed by atoms with Crippen molar-refractivity contribution in [2.24, 2.45) is 0 Å². The molecule has 0 spiro atoms. The largest absolute Gasteiger partial charge is 0.354 e. The van der Waals surface area contributed by atoms with Gasteiger partial charge in [0.1, 0.15) is 12.1 Å². The fraction of sp³-hybridized carbons (Fsp3) is 0.526. The smallest absolute Gasteiger partial charge is 0.240 e. The molecule has 4 rings (SSSR count). The first-order chi connectivity index (χ1) is 13.5. The zero-order chi connectivity index (χ0) is 19.7. The maximum absolute atomic E-state index is 5.37. The van der Waals surface area contributed by atoms with Gasteiger partial charge in [0.15, 0.2) is 11.6 Å². The Kier molecular flexibility index (Phi) is 5.08. The minimum atomic E-state index is 0.281. The Hall–Kier alpha value is -2.81. The number of aryl methyl sites for hydroxylation is 2. The van der Waals surface area contributed by atoms with Gasteiger partial charge in [0.2, 0.25) is 5.89 Å². The zero-order valence-corrected chi connectivity index (χ0v) is 16.8. The molecule has 0 aromatic carbocycles. The van der Waals surface area contributed by atoms with E-state index in [4.69, 9.17) is 4.52 Å². The van der Waals surface area contributed by atoms with Gasteiger partial charge in [0.05, 0.1) is 12.2 Å². The minimum Gasteiger partial charge on any atom is -0.354 e. The van der Waals surface area contributed by atoms with Crippen LogP contribution in [0.25, 0.3) is 5.82 Å². The van der Waals surface area contributed by atoms with Crippen LogP contribution in [0.1, 0.15) is 42.9 Å². The van der Waals surface area contributed by atoms with E-state index in [1.54, 1.807) is 6.33 Å². The van der Waals surface area contributed by atoms with Crippen LogP contribution in [0, 0.1) is 13.8 Å². The molecule has 3 aromatic rings. The van der Waals surface area contributed by atoms with E-state index >= 15 is 0 Å². The molecule has 0 atom stereocenters. The van der Waals surface area contributed by atoms with Crippen LogP contribution in [0.4, 0.5) is 5.82 Å². The molecule has 1 aliphatic rings. The summed E-state index contributed by atoms with van der Waals surface area (Å²) in [5.41, 5.74) is 2.04. The van der Waals surface area contributed by atoms with Crippen molar-refractivity contribution in [2.75, 3.05) is 31.1 Å². The maximum atomic E-state index is 5.37. The number of hydrogen-bond acceptors (Lipinski definition) is 8. The third kappa shape index (κ3) is 3.89. The molecule has 1 aliphatic heterocycles. The molecule has 9 heteroatoms. The fourth-order valence-corrected chi connectivity index (χ4v) is 3.38. The summed E-state index contributed by atoms with van der Waals surface area (Å²) in [6.07, 6.45) is 1.61. The Morgan fingerprint density at radius 2 is 1.79 bits per heavy atom. The lowest BCUT2D eigenvalue weighted by Gasteiger charge is -2.34. The summed E-state index contributed by atoms with van der Waals surface area (Å²) < 4.78 is 7.23. The average molecular weight is 382 g/mol. The Morgan fingerprint density at radius 3 is 2.43 bits per heavy atom. The molecule has 1 fully saturated rings. The standard InChI is InChI=1S/C19H26N8O/c1-13(2)19-22-18(28-24-19)11-25-5-7-26(8-6-25)16-10-17(21-12-20-16)27-15(4)9-14(3)23-27/h9-10,12-13H,5-8,11H2,1-4H3. The van der Waals surface area contributed by atoms with E-state index < -0.39 is 0 Å². The van der Waals surface area contributed by atoms with Crippen molar-refractivity contribution < 1.29 is 4.52 Å². The molecule has 0 aliphatic carbocycles. The van der Waals surface area contributed by atoms with Gasteiger partial charge < -0.3 is 9.42 Å². The fourth-order valence-electron chi connectivity index (χ4n) is 3.38. The third-order valence-electron chi connectivity index (χ3n) is 4.92. The normalized spacial score (nSPS) is 15.5. The zero-order valence-electron chi connectivity index (χ0n) is 16.8. The molecule has 28 heavy (non-hydrogen) atoms. The Balaban J connectivity index is 1.39. The van der Waals surface area contributed by atoms with Crippen molar-refractivity contribution in [3.05, 3.63) is 41.6 Å². The summed E-state index contributed by atoms with van der Waals surface area (Å²) in [7, 11) is 0. The van der Waals surface area contributed by atoms with Crippen LogP contribution in [-0.4, -0.2) is 61.0 Å². The van der Waals surface area contributed by atoms with Gasteiger partial charge in [0.25, 0.3) is 0 Å². The number of piperazine rings is 1. The van der Waals surface area contributed by atoms with Crippen LogP contribution < -0.4 is 4.90 Å². The van der Waals surface area contributed by atoms with Gasteiger partial charge in [-0.15, -0.1) is 0 Å². The number of nitrogens with zero attached hydrogens (tertiary/aromatic N) is 8. The van der Waals surface area contributed by atoms with Crippen molar-refractivity contribution in [3.63, 3.8) is 0 Å². The monoisotopic (exact) mass is 382 g/mol. The molecule has 148 valence electrons. The van der Waals surface area contributed by atoms with Crippen molar-refractivity contribution in [2.45, 2.75) is 40.2 Å². The first kappa shape index (κ1) is 18.5. The second-order valence-electron chi connectivity index (χ2n) is 7.54.